The lowest BCUT2D eigenvalue weighted by atomic mass is 9.56. The molecule has 2 aliphatic heterocycles. The van der Waals surface area contributed by atoms with Crippen LogP contribution in [0.1, 0.15) is 71.2 Å². The van der Waals surface area contributed by atoms with E-state index in [1.807, 2.05) is 12.1 Å². The van der Waals surface area contributed by atoms with E-state index in [-0.39, 0.29) is 65.0 Å². The number of likely N-dealkylation sites (tertiary alicyclic amines) is 1. The van der Waals surface area contributed by atoms with E-state index in [9.17, 15) is 27.6 Å². The number of nitrogens with one attached hydrogen (secondary N) is 1. The number of benzene rings is 2. The van der Waals surface area contributed by atoms with E-state index in [0.717, 1.165) is 37.1 Å². The third-order valence-electron chi connectivity index (χ3n) is 9.98. The molecule has 54 heavy (non-hydrogen) atoms. The van der Waals surface area contributed by atoms with Gasteiger partial charge in [0, 0.05) is 60.7 Å². The molecule has 2 saturated heterocycles. The zero-order valence-electron chi connectivity index (χ0n) is 29.0. The number of aromatic carboxylic acids is 1. The molecule has 1 aliphatic carbocycles. The van der Waals surface area contributed by atoms with Gasteiger partial charge >= 0.3 is 24.1 Å². The van der Waals surface area contributed by atoms with Gasteiger partial charge in [0.1, 0.15) is 11.6 Å². The number of nitrogens with zero attached hydrogens (tertiary/aromatic N) is 5. The second kappa shape index (κ2) is 14.2. The van der Waals surface area contributed by atoms with Crippen LogP contribution in [0.15, 0.2) is 47.0 Å². The Labute approximate surface area is 303 Å². The van der Waals surface area contributed by atoms with Crippen LogP contribution in [0.25, 0.3) is 22.6 Å². The lowest BCUT2D eigenvalue weighted by Crippen LogP contribution is -2.61. The summed E-state index contributed by atoms with van der Waals surface area (Å²) in [6.07, 6.45) is -3.08. The van der Waals surface area contributed by atoms with Gasteiger partial charge in [-0.05, 0) is 74.3 Å². The van der Waals surface area contributed by atoms with Crippen LogP contribution in [0.2, 0.25) is 0 Å². The zero-order chi connectivity index (χ0) is 39.3. The van der Waals surface area contributed by atoms with Crippen LogP contribution in [-0.2, 0) is 9.59 Å². The fourth-order valence-electron chi connectivity index (χ4n) is 7.27. The molecule has 0 bridgehead atoms. The molecule has 1 spiro atoms. The number of rotatable bonds is 7. The van der Waals surface area contributed by atoms with Crippen LogP contribution in [0.4, 0.5) is 32.4 Å². The Bertz CT molecular complexity index is 2140. The van der Waals surface area contributed by atoms with E-state index in [1.54, 1.807) is 32.0 Å². The topological polar surface area (TPSA) is 179 Å². The summed E-state index contributed by atoms with van der Waals surface area (Å²) in [5.74, 6) is -5.12. The van der Waals surface area contributed by atoms with Gasteiger partial charge in [-0.1, -0.05) is 23.4 Å². The number of aliphatic carboxylic acids is 1. The predicted molar refractivity (Wildman–Crippen MR) is 179 cm³/mol. The Morgan fingerprint density at radius 1 is 0.981 bits per heavy atom. The van der Waals surface area contributed by atoms with E-state index in [2.05, 4.69) is 32.3 Å². The molecule has 284 valence electrons. The first kappa shape index (κ1) is 38.0. The molecular weight excluding hydrogens is 723 g/mol. The minimum absolute atomic E-state index is 0.000981. The summed E-state index contributed by atoms with van der Waals surface area (Å²) in [4.78, 5) is 56.1. The van der Waals surface area contributed by atoms with E-state index in [0.29, 0.717) is 22.5 Å². The number of imide groups is 1. The van der Waals surface area contributed by atoms with Crippen molar-refractivity contribution in [1.82, 2.24) is 25.3 Å². The zero-order valence-corrected chi connectivity index (χ0v) is 29.0. The highest BCUT2D eigenvalue weighted by molar-refractivity contribution is 6.05. The van der Waals surface area contributed by atoms with Gasteiger partial charge in [-0.2, -0.15) is 13.2 Å². The van der Waals surface area contributed by atoms with Crippen LogP contribution in [0.5, 0.6) is 0 Å². The number of aryl methyl sites for hydroxylation is 2. The highest BCUT2D eigenvalue weighted by Crippen LogP contribution is 2.57. The van der Waals surface area contributed by atoms with Crippen molar-refractivity contribution in [2.75, 3.05) is 24.5 Å². The lowest BCUT2D eigenvalue weighted by molar-refractivity contribution is -0.192. The predicted octanol–water partition coefficient (Wildman–Crippen LogP) is 6.41. The SMILES string of the molecule is Cc1nc(-c2cc(C(=O)O)on2)nc(C)c1-c1ccc(C(C)N2CC3(CC(c4ccc(N5CCC(=O)NC5=O)c(F)c4)C3)C2)cc1F.O=C(O)C(F)(F)F. The average molecular weight is 757 g/mol. The second-order valence-corrected chi connectivity index (χ2v) is 13.7. The molecule has 0 radical (unpaired) electrons. The van der Waals surface area contributed by atoms with Gasteiger partial charge in [0.25, 0.3) is 0 Å². The van der Waals surface area contributed by atoms with Gasteiger partial charge in [0.15, 0.2) is 11.5 Å². The third-order valence-corrected chi connectivity index (χ3v) is 9.98. The van der Waals surface area contributed by atoms with E-state index in [1.165, 1.54) is 17.0 Å². The molecule has 7 rings (SSSR count). The third kappa shape index (κ3) is 7.50. The van der Waals surface area contributed by atoms with Crippen LogP contribution in [-0.4, -0.2) is 79.9 Å². The van der Waals surface area contributed by atoms with Gasteiger partial charge in [-0.3, -0.25) is 19.9 Å². The number of carbonyl (C=O) groups is 4. The fourth-order valence-corrected chi connectivity index (χ4v) is 7.27. The molecule has 3 amide bonds. The molecular formula is C36H33F5N6O7. The number of aromatic nitrogens is 3. The number of carboxylic acids is 2. The maximum atomic E-state index is 15.6. The minimum atomic E-state index is -5.08. The number of hydrogen-bond donors (Lipinski definition) is 3. The fraction of sp³-hybridized carbons (Fsp3) is 0.361. The van der Waals surface area contributed by atoms with Crippen molar-refractivity contribution < 1.29 is 55.9 Å². The minimum Gasteiger partial charge on any atom is -0.475 e. The molecule has 4 aromatic rings. The Hall–Kier alpha value is -5.78. The molecule has 4 heterocycles. The van der Waals surface area contributed by atoms with Crippen molar-refractivity contribution in [2.24, 2.45) is 5.41 Å². The van der Waals surface area contributed by atoms with Crippen LogP contribution >= 0.6 is 0 Å². The van der Waals surface area contributed by atoms with Crippen LogP contribution in [0, 0.1) is 30.9 Å². The van der Waals surface area contributed by atoms with Crippen molar-refractivity contribution >= 4 is 29.6 Å². The van der Waals surface area contributed by atoms with Gasteiger partial charge in [-0.25, -0.2) is 33.1 Å². The smallest absolute Gasteiger partial charge is 0.475 e. The van der Waals surface area contributed by atoms with E-state index >= 15 is 8.78 Å². The number of carbonyl (C=O) groups excluding carboxylic acids is 2. The van der Waals surface area contributed by atoms with Crippen LogP contribution in [0.3, 0.4) is 0 Å². The highest BCUT2D eigenvalue weighted by Gasteiger charge is 2.53. The van der Waals surface area contributed by atoms with Crippen molar-refractivity contribution in [3.8, 4) is 22.6 Å². The molecule has 3 fully saturated rings. The summed E-state index contributed by atoms with van der Waals surface area (Å²) < 4.78 is 67.2. The Morgan fingerprint density at radius 3 is 2.17 bits per heavy atom. The second-order valence-electron chi connectivity index (χ2n) is 13.7. The standard InChI is InChI=1S/C34H32F2N6O5.C2HF3O2/c1-17-30(18(2)38-31(37-17)26-12-28(32(44)45)47-40-26)23-6-4-20(10-24(23)35)19(3)41-15-34(16-41)13-22(14-34)21-5-7-27(25(36)11-21)42-9-8-29(43)39-33(42)46;3-2(4,5)1(6)7/h4-7,10-12,19,22H,8-9,13-16H2,1-3H3,(H,44,45)(H,39,43,46);(H,6,7). The maximum Gasteiger partial charge on any atom is 0.490 e. The van der Waals surface area contributed by atoms with E-state index in [4.69, 9.17) is 19.5 Å². The monoisotopic (exact) mass is 756 g/mol. The highest BCUT2D eigenvalue weighted by atomic mass is 19.4. The van der Waals surface area contributed by atoms with E-state index < -0.39 is 30.0 Å². The number of anilines is 1. The molecule has 13 nitrogen and oxygen atoms in total. The molecule has 1 saturated carbocycles. The molecule has 3 aliphatic rings. The van der Waals surface area contributed by atoms with Gasteiger partial charge in [-0.15, -0.1) is 0 Å². The van der Waals surface area contributed by atoms with Crippen molar-refractivity contribution in [3.05, 3.63) is 82.4 Å². The molecule has 2 aromatic heterocycles. The molecule has 3 N–H and O–H groups in total. The summed E-state index contributed by atoms with van der Waals surface area (Å²) in [7, 11) is 0. The molecule has 1 unspecified atom stereocenters. The number of urea groups is 1. The van der Waals surface area contributed by atoms with Crippen molar-refractivity contribution in [1.29, 1.82) is 0 Å². The molecule has 2 aromatic carbocycles. The molecule has 18 heteroatoms. The normalized spacial score (nSPS) is 17.6. The number of alkyl halides is 3. The van der Waals surface area contributed by atoms with Gasteiger partial charge in [0.2, 0.25) is 11.7 Å². The first-order valence-corrected chi connectivity index (χ1v) is 16.7. The Morgan fingerprint density at radius 2 is 1.63 bits per heavy atom. The number of amides is 3. The average Bonchev–Trinajstić information content (AvgIpc) is 3.55. The first-order valence-electron chi connectivity index (χ1n) is 16.7. The number of hydrogen-bond acceptors (Lipinski definition) is 9. The van der Waals surface area contributed by atoms with Crippen molar-refractivity contribution in [2.45, 2.75) is 58.2 Å². The summed E-state index contributed by atoms with van der Waals surface area (Å²) in [6.45, 7) is 7.44. The van der Waals surface area contributed by atoms with Crippen LogP contribution < -0.4 is 10.2 Å². The number of halogens is 5. The lowest BCUT2D eigenvalue weighted by Gasteiger charge is -2.61. The van der Waals surface area contributed by atoms with Gasteiger partial charge < -0.3 is 14.7 Å². The summed E-state index contributed by atoms with van der Waals surface area (Å²) in [5.41, 5.74) is 4.27. The maximum absolute atomic E-state index is 15.6. The Balaban J connectivity index is 0.000000649. The summed E-state index contributed by atoms with van der Waals surface area (Å²) in [5, 5.41) is 22.2. The first-order chi connectivity index (χ1) is 25.4. The van der Waals surface area contributed by atoms with Gasteiger partial charge in [0.05, 0.1) is 5.69 Å². The molecule has 1 atom stereocenters. The number of carboxylic acid groups (broad SMARTS) is 2. The Kier molecular flexibility index (Phi) is 10.00. The summed E-state index contributed by atoms with van der Waals surface area (Å²) in [6, 6.07) is 10.9. The quantitative estimate of drug-likeness (QED) is 0.177. The van der Waals surface area contributed by atoms with Crippen molar-refractivity contribution in [3.63, 3.8) is 0 Å². The largest absolute Gasteiger partial charge is 0.490 e. The summed E-state index contributed by atoms with van der Waals surface area (Å²) >= 11 is 0.